The summed E-state index contributed by atoms with van der Waals surface area (Å²) in [5, 5.41) is 0. The van der Waals surface area contributed by atoms with E-state index in [0.717, 1.165) is 5.56 Å². The summed E-state index contributed by atoms with van der Waals surface area (Å²) in [5.41, 5.74) is 6.87. The first-order valence-corrected chi connectivity index (χ1v) is 6.89. The lowest BCUT2D eigenvalue weighted by Gasteiger charge is -2.09. The Morgan fingerprint density at radius 1 is 1.41 bits per heavy atom. The average Bonchev–Trinajstić information content (AvgIpc) is 2.24. The number of aryl methyl sites for hydroxylation is 1. The zero-order valence-corrected chi connectivity index (χ0v) is 10.9. The Labute approximate surface area is 102 Å². The molecule has 96 valence electrons. The molecule has 1 rings (SSSR count). The SMILES string of the molecule is CCOCCNS(=O)(=O)c1ccc(C)cc1N. The topological polar surface area (TPSA) is 81.4 Å². The van der Waals surface area contributed by atoms with E-state index in [1.165, 1.54) is 6.07 Å². The first-order valence-electron chi connectivity index (χ1n) is 5.41. The molecular formula is C11H18N2O3S. The molecule has 6 heteroatoms. The van der Waals surface area contributed by atoms with Crippen LogP contribution in [0.5, 0.6) is 0 Å². The molecule has 0 bridgehead atoms. The lowest BCUT2D eigenvalue weighted by Crippen LogP contribution is -2.28. The summed E-state index contributed by atoms with van der Waals surface area (Å²) in [5.74, 6) is 0. The van der Waals surface area contributed by atoms with Gasteiger partial charge < -0.3 is 10.5 Å². The van der Waals surface area contributed by atoms with Crippen molar-refractivity contribution in [3.05, 3.63) is 23.8 Å². The van der Waals surface area contributed by atoms with Gasteiger partial charge >= 0.3 is 0 Å². The van der Waals surface area contributed by atoms with Gasteiger partial charge in [0.05, 0.1) is 12.3 Å². The summed E-state index contributed by atoms with van der Waals surface area (Å²) >= 11 is 0. The normalized spacial score (nSPS) is 11.6. The van der Waals surface area contributed by atoms with E-state index < -0.39 is 10.0 Å². The number of nitrogen functional groups attached to an aromatic ring is 1. The van der Waals surface area contributed by atoms with Gasteiger partial charge in [-0.2, -0.15) is 0 Å². The van der Waals surface area contributed by atoms with Gasteiger partial charge in [-0.05, 0) is 31.5 Å². The van der Waals surface area contributed by atoms with Crippen molar-refractivity contribution in [3.63, 3.8) is 0 Å². The number of ether oxygens (including phenoxy) is 1. The third kappa shape index (κ3) is 3.99. The van der Waals surface area contributed by atoms with E-state index in [0.29, 0.717) is 13.2 Å². The minimum atomic E-state index is -3.54. The molecule has 0 atom stereocenters. The highest BCUT2D eigenvalue weighted by Crippen LogP contribution is 2.18. The quantitative estimate of drug-likeness (QED) is 0.586. The number of hydrogen-bond acceptors (Lipinski definition) is 4. The number of nitrogens with two attached hydrogens (primary N) is 1. The highest BCUT2D eigenvalue weighted by Gasteiger charge is 2.16. The van der Waals surface area contributed by atoms with Crippen LogP contribution in [-0.2, 0) is 14.8 Å². The molecule has 0 aromatic heterocycles. The van der Waals surface area contributed by atoms with Crippen molar-refractivity contribution >= 4 is 15.7 Å². The summed E-state index contributed by atoms with van der Waals surface area (Å²) in [6.45, 7) is 4.86. The molecule has 0 aliphatic carbocycles. The van der Waals surface area contributed by atoms with Gasteiger partial charge in [-0.15, -0.1) is 0 Å². The predicted molar refractivity (Wildman–Crippen MR) is 67.3 cm³/mol. The first-order chi connectivity index (χ1) is 7.97. The predicted octanol–water partition coefficient (Wildman–Crippen LogP) is 0.892. The van der Waals surface area contributed by atoms with Crippen molar-refractivity contribution in [1.82, 2.24) is 4.72 Å². The molecule has 0 fully saturated rings. The highest BCUT2D eigenvalue weighted by molar-refractivity contribution is 7.89. The molecular weight excluding hydrogens is 240 g/mol. The van der Waals surface area contributed by atoms with E-state index in [4.69, 9.17) is 10.5 Å². The van der Waals surface area contributed by atoms with Gasteiger partial charge in [0.2, 0.25) is 10.0 Å². The Kier molecular flexibility index (Phi) is 4.92. The van der Waals surface area contributed by atoms with Crippen LogP contribution < -0.4 is 10.5 Å². The Morgan fingerprint density at radius 2 is 2.12 bits per heavy atom. The van der Waals surface area contributed by atoms with Crippen molar-refractivity contribution in [2.24, 2.45) is 0 Å². The summed E-state index contributed by atoms with van der Waals surface area (Å²) in [7, 11) is -3.54. The van der Waals surface area contributed by atoms with Gasteiger partial charge in [-0.1, -0.05) is 6.07 Å². The Balaban J connectivity index is 2.76. The van der Waals surface area contributed by atoms with E-state index in [2.05, 4.69) is 4.72 Å². The number of anilines is 1. The Morgan fingerprint density at radius 3 is 2.71 bits per heavy atom. The molecule has 0 radical (unpaired) electrons. The van der Waals surface area contributed by atoms with Crippen molar-refractivity contribution in [2.45, 2.75) is 18.7 Å². The fourth-order valence-corrected chi connectivity index (χ4v) is 2.51. The molecule has 3 N–H and O–H groups in total. The Bertz CT molecular complexity index is 472. The summed E-state index contributed by atoms with van der Waals surface area (Å²) in [4.78, 5) is 0.111. The van der Waals surface area contributed by atoms with Crippen LogP contribution in [0.25, 0.3) is 0 Å². The van der Waals surface area contributed by atoms with Crippen LogP contribution in [0.1, 0.15) is 12.5 Å². The van der Waals surface area contributed by atoms with Crippen LogP contribution in [0.15, 0.2) is 23.1 Å². The van der Waals surface area contributed by atoms with Gasteiger partial charge in [-0.3, -0.25) is 0 Å². The van der Waals surface area contributed by atoms with Crippen molar-refractivity contribution in [1.29, 1.82) is 0 Å². The third-order valence-corrected chi connectivity index (χ3v) is 3.73. The van der Waals surface area contributed by atoms with Gasteiger partial charge in [0, 0.05) is 13.2 Å². The zero-order chi connectivity index (χ0) is 12.9. The second-order valence-electron chi connectivity index (χ2n) is 3.64. The third-order valence-electron chi connectivity index (χ3n) is 2.20. The molecule has 17 heavy (non-hydrogen) atoms. The fourth-order valence-electron chi connectivity index (χ4n) is 1.38. The zero-order valence-electron chi connectivity index (χ0n) is 10.1. The molecule has 1 aromatic rings. The smallest absolute Gasteiger partial charge is 0.242 e. The average molecular weight is 258 g/mol. The minimum Gasteiger partial charge on any atom is -0.398 e. The fraction of sp³-hybridized carbons (Fsp3) is 0.455. The second-order valence-corrected chi connectivity index (χ2v) is 5.37. The lowest BCUT2D eigenvalue weighted by atomic mass is 10.2. The van der Waals surface area contributed by atoms with E-state index in [-0.39, 0.29) is 17.1 Å². The molecule has 0 aliphatic heterocycles. The monoisotopic (exact) mass is 258 g/mol. The molecule has 0 amide bonds. The van der Waals surface area contributed by atoms with Crippen LogP contribution in [0.4, 0.5) is 5.69 Å². The molecule has 0 unspecified atom stereocenters. The molecule has 5 nitrogen and oxygen atoms in total. The number of nitrogens with one attached hydrogen (secondary N) is 1. The van der Waals surface area contributed by atoms with Crippen LogP contribution in [0.2, 0.25) is 0 Å². The van der Waals surface area contributed by atoms with Crippen LogP contribution in [0, 0.1) is 6.92 Å². The van der Waals surface area contributed by atoms with Crippen molar-refractivity contribution in [3.8, 4) is 0 Å². The number of sulfonamides is 1. The van der Waals surface area contributed by atoms with Crippen LogP contribution in [-0.4, -0.2) is 28.2 Å². The van der Waals surface area contributed by atoms with Crippen LogP contribution >= 0.6 is 0 Å². The van der Waals surface area contributed by atoms with Gasteiger partial charge in [0.1, 0.15) is 4.90 Å². The standard InChI is InChI=1S/C11H18N2O3S/c1-3-16-7-6-13-17(14,15)11-5-4-9(2)8-10(11)12/h4-5,8,13H,3,6-7,12H2,1-2H3. The maximum atomic E-state index is 11.9. The number of rotatable bonds is 6. The molecule has 1 aromatic carbocycles. The lowest BCUT2D eigenvalue weighted by molar-refractivity contribution is 0.153. The summed E-state index contributed by atoms with van der Waals surface area (Å²) in [6.07, 6.45) is 0. The van der Waals surface area contributed by atoms with E-state index >= 15 is 0 Å². The summed E-state index contributed by atoms with van der Waals surface area (Å²) in [6, 6.07) is 4.86. The van der Waals surface area contributed by atoms with Crippen molar-refractivity contribution < 1.29 is 13.2 Å². The first kappa shape index (κ1) is 14.0. The van der Waals surface area contributed by atoms with Gasteiger partial charge in [0.15, 0.2) is 0 Å². The number of hydrogen-bond donors (Lipinski definition) is 2. The van der Waals surface area contributed by atoms with Gasteiger partial charge in [0.25, 0.3) is 0 Å². The number of benzene rings is 1. The molecule has 0 heterocycles. The molecule has 0 spiro atoms. The highest BCUT2D eigenvalue weighted by atomic mass is 32.2. The maximum absolute atomic E-state index is 11.9. The van der Waals surface area contributed by atoms with E-state index in [1.54, 1.807) is 12.1 Å². The molecule has 0 saturated carbocycles. The van der Waals surface area contributed by atoms with E-state index in [1.807, 2.05) is 13.8 Å². The van der Waals surface area contributed by atoms with Crippen molar-refractivity contribution in [2.75, 3.05) is 25.5 Å². The minimum absolute atomic E-state index is 0.111. The largest absolute Gasteiger partial charge is 0.398 e. The molecule has 0 saturated heterocycles. The van der Waals surface area contributed by atoms with Gasteiger partial charge in [-0.25, -0.2) is 13.1 Å². The summed E-state index contributed by atoms with van der Waals surface area (Å²) < 4.78 is 31.3. The molecule has 0 aliphatic rings. The van der Waals surface area contributed by atoms with E-state index in [9.17, 15) is 8.42 Å². The second kappa shape index (κ2) is 6.00. The van der Waals surface area contributed by atoms with Crippen LogP contribution in [0.3, 0.4) is 0 Å². The maximum Gasteiger partial charge on any atom is 0.242 e. The Hall–Kier alpha value is -1.11.